The van der Waals surface area contributed by atoms with Gasteiger partial charge >= 0.3 is 0 Å². The van der Waals surface area contributed by atoms with Gasteiger partial charge in [-0.2, -0.15) is 0 Å². The number of benzene rings is 1. The van der Waals surface area contributed by atoms with E-state index in [1.54, 1.807) is 14.2 Å². The van der Waals surface area contributed by atoms with E-state index in [9.17, 15) is 5.21 Å². The molecule has 1 aliphatic carbocycles. The molecule has 1 saturated heterocycles. The van der Waals surface area contributed by atoms with Crippen molar-refractivity contribution in [1.29, 1.82) is 0 Å². The first-order valence-corrected chi connectivity index (χ1v) is 9.34. The summed E-state index contributed by atoms with van der Waals surface area (Å²) >= 11 is 0. The standard InChI is InChI=1S/C20H28N2O3/c1-20-9-7-15-14-12-17(25-3)16(24-2)11-13(14)8-10-22(15)19(20)6-4-5-18(20)21-23/h11-12,15,19,23H,4-10H2,1-3H3/b21-18+. The molecule has 1 saturated carbocycles. The van der Waals surface area contributed by atoms with E-state index in [1.165, 1.54) is 17.5 Å². The lowest BCUT2D eigenvalue weighted by Gasteiger charge is -2.56. The van der Waals surface area contributed by atoms with Crippen LogP contribution in [0.3, 0.4) is 0 Å². The quantitative estimate of drug-likeness (QED) is 0.655. The van der Waals surface area contributed by atoms with Gasteiger partial charge in [-0.3, -0.25) is 4.90 Å². The van der Waals surface area contributed by atoms with Crippen LogP contribution in [0.1, 0.15) is 56.2 Å². The van der Waals surface area contributed by atoms with Gasteiger partial charge in [0.2, 0.25) is 0 Å². The van der Waals surface area contributed by atoms with Gasteiger partial charge in [0.05, 0.1) is 19.9 Å². The Morgan fingerprint density at radius 1 is 1.16 bits per heavy atom. The number of ether oxygens (including phenoxy) is 2. The minimum atomic E-state index is 0.0115. The Kier molecular flexibility index (Phi) is 4.14. The summed E-state index contributed by atoms with van der Waals surface area (Å²) in [4.78, 5) is 2.67. The molecule has 0 radical (unpaired) electrons. The predicted molar refractivity (Wildman–Crippen MR) is 96.9 cm³/mol. The maximum Gasteiger partial charge on any atom is 0.161 e. The third-order valence-electron chi connectivity index (χ3n) is 6.79. The van der Waals surface area contributed by atoms with Crippen LogP contribution in [-0.2, 0) is 6.42 Å². The van der Waals surface area contributed by atoms with Crippen LogP contribution in [0.25, 0.3) is 0 Å². The molecule has 0 spiro atoms. The van der Waals surface area contributed by atoms with Gasteiger partial charge in [-0.25, -0.2) is 0 Å². The van der Waals surface area contributed by atoms with Crippen LogP contribution >= 0.6 is 0 Å². The summed E-state index contributed by atoms with van der Waals surface area (Å²) in [6.45, 7) is 3.36. The number of rotatable bonds is 2. The number of oxime groups is 1. The Morgan fingerprint density at radius 2 is 1.92 bits per heavy atom. The smallest absolute Gasteiger partial charge is 0.161 e. The van der Waals surface area contributed by atoms with Crippen LogP contribution in [-0.4, -0.2) is 42.6 Å². The van der Waals surface area contributed by atoms with Crippen molar-refractivity contribution in [1.82, 2.24) is 4.90 Å². The Hall–Kier alpha value is -1.75. The molecule has 4 rings (SSSR count). The lowest BCUT2D eigenvalue weighted by atomic mass is 9.62. The van der Waals surface area contributed by atoms with Crippen LogP contribution in [0.4, 0.5) is 0 Å². The molecule has 1 aromatic carbocycles. The number of hydrogen-bond acceptors (Lipinski definition) is 5. The molecule has 3 unspecified atom stereocenters. The topological polar surface area (TPSA) is 54.3 Å². The van der Waals surface area contributed by atoms with Crippen molar-refractivity contribution in [3.63, 3.8) is 0 Å². The molecule has 25 heavy (non-hydrogen) atoms. The molecule has 5 nitrogen and oxygen atoms in total. The predicted octanol–water partition coefficient (Wildman–Crippen LogP) is 3.79. The molecule has 5 heteroatoms. The zero-order valence-corrected chi connectivity index (χ0v) is 15.4. The Balaban J connectivity index is 1.72. The largest absolute Gasteiger partial charge is 0.493 e. The maximum absolute atomic E-state index is 9.51. The molecule has 0 bridgehead atoms. The zero-order valence-electron chi connectivity index (χ0n) is 15.4. The summed E-state index contributed by atoms with van der Waals surface area (Å²) in [7, 11) is 3.40. The van der Waals surface area contributed by atoms with Crippen molar-refractivity contribution in [3.05, 3.63) is 23.3 Å². The van der Waals surface area contributed by atoms with Crippen molar-refractivity contribution >= 4 is 5.71 Å². The van der Waals surface area contributed by atoms with Gasteiger partial charge in [0.15, 0.2) is 11.5 Å². The summed E-state index contributed by atoms with van der Waals surface area (Å²) in [6.07, 6.45) is 6.44. The highest BCUT2D eigenvalue weighted by atomic mass is 16.5. The molecule has 0 amide bonds. The van der Waals surface area contributed by atoms with Crippen LogP contribution in [0.15, 0.2) is 17.3 Å². The van der Waals surface area contributed by atoms with Crippen LogP contribution in [0.5, 0.6) is 11.5 Å². The number of hydrogen-bond donors (Lipinski definition) is 1. The van der Waals surface area contributed by atoms with Crippen molar-refractivity contribution in [2.45, 2.75) is 57.5 Å². The third kappa shape index (κ3) is 2.43. The highest BCUT2D eigenvalue weighted by Crippen LogP contribution is 2.52. The number of nitrogens with zero attached hydrogens (tertiary/aromatic N) is 2. The molecule has 1 aromatic rings. The van der Waals surface area contributed by atoms with E-state index < -0.39 is 0 Å². The molecular weight excluding hydrogens is 316 g/mol. The highest BCUT2D eigenvalue weighted by molar-refractivity contribution is 5.91. The second kappa shape index (κ2) is 6.20. The number of fused-ring (bicyclic) bond motifs is 5. The van der Waals surface area contributed by atoms with Gasteiger partial charge in [-0.1, -0.05) is 12.1 Å². The molecule has 2 aliphatic heterocycles. The first kappa shape index (κ1) is 16.7. The first-order chi connectivity index (χ1) is 12.1. The first-order valence-electron chi connectivity index (χ1n) is 9.34. The molecule has 3 atom stereocenters. The highest BCUT2D eigenvalue weighted by Gasteiger charge is 2.51. The van der Waals surface area contributed by atoms with Gasteiger partial charge in [-0.05, 0) is 61.8 Å². The zero-order chi connectivity index (χ0) is 17.6. The SMILES string of the molecule is COc1cc2c(cc1OC)C1CCC3(C)/C(=N/O)CCCC3N1CC2. The van der Waals surface area contributed by atoms with E-state index in [1.807, 2.05) is 0 Å². The monoisotopic (exact) mass is 344 g/mol. The van der Waals surface area contributed by atoms with E-state index in [-0.39, 0.29) is 5.41 Å². The molecule has 2 fully saturated rings. The average Bonchev–Trinajstić information content (AvgIpc) is 2.65. The second-order valence-electron chi connectivity index (χ2n) is 7.82. The molecular formula is C20H28N2O3. The number of methoxy groups -OCH3 is 2. The van der Waals surface area contributed by atoms with E-state index in [0.717, 1.165) is 55.9 Å². The van der Waals surface area contributed by atoms with Gasteiger partial charge in [0.1, 0.15) is 0 Å². The van der Waals surface area contributed by atoms with Gasteiger partial charge in [-0.15, -0.1) is 0 Å². The van der Waals surface area contributed by atoms with Gasteiger partial charge < -0.3 is 14.7 Å². The van der Waals surface area contributed by atoms with E-state index in [4.69, 9.17) is 9.47 Å². The van der Waals surface area contributed by atoms with E-state index >= 15 is 0 Å². The van der Waals surface area contributed by atoms with Crippen molar-refractivity contribution in [2.24, 2.45) is 10.6 Å². The van der Waals surface area contributed by atoms with Crippen molar-refractivity contribution < 1.29 is 14.7 Å². The Labute approximate surface area is 149 Å². The van der Waals surface area contributed by atoms with E-state index in [0.29, 0.717) is 12.1 Å². The summed E-state index contributed by atoms with van der Waals surface area (Å²) < 4.78 is 11.0. The van der Waals surface area contributed by atoms with Crippen molar-refractivity contribution in [2.75, 3.05) is 20.8 Å². The summed E-state index contributed by atoms with van der Waals surface area (Å²) in [5.41, 5.74) is 3.78. The van der Waals surface area contributed by atoms with E-state index in [2.05, 4.69) is 29.1 Å². The number of piperidine rings is 1. The summed E-state index contributed by atoms with van der Waals surface area (Å²) in [6, 6.07) is 5.23. The second-order valence-corrected chi connectivity index (χ2v) is 7.82. The fraction of sp³-hybridized carbons (Fsp3) is 0.650. The average molecular weight is 344 g/mol. The summed E-state index contributed by atoms with van der Waals surface area (Å²) in [5, 5.41) is 13.2. The summed E-state index contributed by atoms with van der Waals surface area (Å²) in [5.74, 6) is 1.64. The van der Waals surface area contributed by atoms with Gasteiger partial charge in [0, 0.05) is 24.0 Å². The Bertz CT molecular complexity index is 702. The maximum atomic E-state index is 9.51. The molecule has 3 aliphatic rings. The fourth-order valence-corrected chi connectivity index (χ4v) is 5.44. The van der Waals surface area contributed by atoms with Gasteiger partial charge in [0.25, 0.3) is 0 Å². The van der Waals surface area contributed by atoms with Crippen LogP contribution < -0.4 is 9.47 Å². The minimum Gasteiger partial charge on any atom is -0.493 e. The lowest BCUT2D eigenvalue weighted by molar-refractivity contribution is -0.00236. The molecule has 1 N–H and O–H groups in total. The lowest BCUT2D eigenvalue weighted by Crippen LogP contribution is -2.58. The third-order valence-corrected chi connectivity index (χ3v) is 6.79. The molecule has 0 aromatic heterocycles. The van der Waals surface area contributed by atoms with Crippen molar-refractivity contribution in [3.8, 4) is 11.5 Å². The minimum absolute atomic E-state index is 0.0115. The molecule has 136 valence electrons. The van der Waals surface area contributed by atoms with Crippen LogP contribution in [0.2, 0.25) is 0 Å². The van der Waals surface area contributed by atoms with Crippen LogP contribution in [0, 0.1) is 5.41 Å². The normalized spacial score (nSPS) is 33.3. The Morgan fingerprint density at radius 3 is 2.64 bits per heavy atom. The fourth-order valence-electron chi connectivity index (χ4n) is 5.44. The molecule has 2 heterocycles.